The Hall–Kier alpha value is -2.52. The van der Waals surface area contributed by atoms with Crippen LogP contribution in [0.3, 0.4) is 0 Å². The van der Waals surface area contributed by atoms with Gasteiger partial charge in [0.1, 0.15) is 0 Å². The number of fused-ring (bicyclic) bond motifs is 1. The molecule has 6 nitrogen and oxygen atoms in total. The predicted octanol–water partition coefficient (Wildman–Crippen LogP) is 7.25. The average molecular weight is 601 g/mol. The summed E-state index contributed by atoms with van der Waals surface area (Å²) in [7, 11) is -1.42. The van der Waals surface area contributed by atoms with Crippen LogP contribution < -0.4 is 4.90 Å². The lowest BCUT2D eigenvalue weighted by Crippen LogP contribution is -2.36. The third kappa shape index (κ3) is 7.11. The molecular formula is C30H38BrN3O3S. The summed E-state index contributed by atoms with van der Waals surface area (Å²) >= 11 is 3.62. The van der Waals surface area contributed by atoms with Gasteiger partial charge in [-0.25, -0.2) is 13.2 Å². The molecule has 5 rings (SSSR count). The van der Waals surface area contributed by atoms with Crippen molar-refractivity contribution in [2.45, 2.75) is 39.5 Å². The Balaban J connectivity index is 0.000000516. The van der Waals surface area contributed by atoms with Crippen LogP contribution in [0.1, 0.15) is 33.3 Å². The van der Waals surface area contributed by atoms with Gasteiger partial charge in [0, 0.05) is 48.0 Å². The third-order valence-electron chi connectivity index (χ3n) is 6.09. The quantitative estimate of drug-likeness (QED) is 0.209. The Kier molecular flexibility index (Phi) is 11.5. The highest BCUT2D eigenvalue weighted by Crippen LogP contribution is 2.34. The number of benzene rings is 2. The van der Waals surface area contributed by atoms with Crippen LogP contribution in [-0.4, -0.2) is 52.7 Å². The molecule has 3 heterocycles. The van der Waals surface area contributed by atoms with Gasteiger partial charge in [-0.1, -0.05) is 44.2 Å². The van der Waals surface area contributed by atoms with E-state index < -0.39 is 11.0 Å². The third-order valence-corrected chi connectivity index (χ3v) is 8.16. The molecule has 8 heteroatoms. The second-order valence-electron chi connectivity index (χ2n) is 8.76. The Bertz CT molecular complexity index is 1310. The topological polar surface area (TPSA) is 56.6 Å². The normalized spacial score (nSPS) is 13.9. The minimum absolute atomic E-state index is 0. The van der Waals surface area contributed by atoms with Crippen molar-refractivity contribution in [1.82, 2.24) is 8.96 Å². The molecule has 1 aliphatic rings. The van der Waals surface area contributed by atoms with Crippen LogP contribution in [0.2, 0.25) is 0 Å². The van der Waals surface area contributed by atoms with Crippen LogP contribution in [0, 0.1) is 6.92 Å². The van der Waals surface area contributed by atoms with E-state index in [2.05, 4.69) is 63.1 Å². The molecule has 2 aromatic heterocycles. The van der Waals surface area contributed by atoms with Crippen LogP contribution in [0.4, 0.5) is 5.69 Å². The van der Waals surface area contributed by atoms with Gasteiger partial charge in [-0.05, 0) is 78.2 Å². The smallest absolute Gasteiger partial charge is 0.158 e. The van der Waals surface area contributed by atoms with Crippen molar-refractivity contribution < 1.29 is 13.7 Å². The van der Waals surface area contributed by atoms with E-state index in [1.54, 1.807) is 6.20 Å². The van der Waals surface area contributed by atoms with Gasteiger partial charge in [0.05, 0.1) is 23.8 Å². The van der Waals surface area contributed by atoms with Gasteiger partial charge in [-0.15, -0.1) is 0 Å². The zero-order valence-corrected chi connectivity index (χ0v) is 24.1. The molecule has 0 spiro atoms. The minimum Gasteiger partial charge on any atom is -0.382 e. The Labute approximate surface area is 237 Å². The average Bonchev–Trinajstić information content (AvgIpc) is 3.34. The van der Waals surface area contributed by atoms with Gasteiger partial charge < -0.3 is 14.4 Å². The zero-order chi connectivity index (χ0) is 26.2. The number of morpholine rings is 1. The predicted molar refractivity (Wildman–Crippen MR) is 162 cm³/mol. The van der Waals surface area contributed by atoms with Gasteiger partial charge in [-0.3, -0.25) is 0 Å². The highest BCUT2D eigenvalue weighted by atomic mass is 79.9. The number of pyridine rings is 1. The molecule has 4 aromatic rings. The molecule has 2 aromatic carbocycles. The second kappa shape index (κ2) is 14.6. The largest absolute Gasteiger partial charge is 0.382 e. The number of nitrogens with zero attached hydrogens (tertiary/aromatic N) is 3. The van der Waals surface area contributed by atoms with E-state index in [4.69, 9.17) is 9.47 Å². The first kappa shape index (κ1) is 30.0. The lowest BCUT2D eigenvalue weighted by atomic mass is 10.1. The molecule has 1 fully saturated rings. The molecule has 1 saturated heterocycles. The first-order chi connectivity index (χ1) is 18.0. The van der Waals surface area contributed by atoms with Crippen molar-refractivity contribution in [1.29, 1.82) is 0 Å². The summed E-state index contributed by atoms with van der Waals surface area (Å²) < 4.78 is 26.9. The van der Waals surface area contributed by atoms with Crippen LogP contribution in [0.25, 0.3) is 22.3 Å². The molecule has 0 radical (unpaired) electrons. The van der Waals surface area contributed by atoms with Crippen molar-refractivity contribution in [2.24, 2.45) is 0 Å². The van der Waals surface area contributed by atoms with Crippen LogP contribution >= 0.6 is 15.9 Å². The van der Waals surface area contributed by atoms with Crippen LogP contribution in [-0.2, 0) is 20.5 Å². The lowest BCUT2D eigenvalue weighted by Gasteiger charge is -2.28. The molecular weight excluding hydrogens is 562 g/mol. The first-order valence-electron chi connectivity index (χ1n) is 12.7. The summed E-state index contributed by atoms with van der Waals surface area (Å²) in [5.41, 5.74) is 4.89. The van der Waals surface area contributed by atoms with Crippen molar-refractivity contribution >= 4 is 43.6 Å². The van der Waals surface area contributed by atoms with Crippen molar-refractivity contribution in [3.05, 3.63) is 76.9 Å². The van der Waals surface area contributed by atoms with Crippen LogP contribution in [0.15, 0.2) is 76.2 Å². The monoisotopic (exact) mass is 599 g/mol. The fraction of sp³-hybridized carbons (Fsp3) is 0.367. The zero-order valence-electron chi connectivity index (χ0n) is 21.7. The summed E-state index contributed by atoms with van der Waals surface area (Å²) in [5, 5.41) is 0.940. The molecule has 0 saturated carbocycles. The molecule has 0 amide bonds. The van der Waals surface area contributed by atoms with Crippen molar-refractivity contribution in [3.63, 3.8) is 0 Å². The summed E-state index contributed by atoms with van der Waals surface area (Å²) in [6, 6.07) is 20.2. The Morgan fingerprint density at radius 3 is 2.32 bits per heavy atom. The maximum Gasteiger partial charge on any atom is 0.158 e. The first-order valence-corrected chi connectivity index (χ1v) is 14.6. The molecule has 1 aliphatic heterocycles. The molecule has 1 unspecified atom stereocenters. The Morgan fingerprint density at radius 1 is 1.03 bits per heavy atom. The van der Waals surface area contributed by atoms with E-state index in [9.17, 15) is 4.21 Å². The maximum atomic E-state index is 13.6. The van der Waals surface area contributed by atoms with Crippen molar-refractivity contribution in [3.8, 4) is 11.3 Å². The van der Waals surface area contributed by atoms with E-state index in [0.717, 1.165) is 77.5 Å². The van der Waals surface area contributed by atoms with E-state index in [-0.39, 0.29) is 7.43 Å². The number of aromatic nitrogens is 2. The number of aryl methyl sites for hydroxylation is 1. The lowest BCUT2D eigenvalue weighted by molar-refractivity contribution is 0.122. The van der Waals surface area contributed by atoms with Gasteiger partial charge >= 0.3 is 0 Å². The van der Waals surface area contributed by atoms with E-state index >= 15 is 0 Å². The van der Waals surface area contributed by atoms with Gasteiger partial charge in [0.15, 0.2) is 16.6 Å². The standard InChI is InChI=1S/C24H22BrN3O2S.C5H12O.CH4/c1-17-2-8-20(9-3-17)31(29)28-23(16-21-22(25)10-11-26-24(21)28)18-4-6-19(7-5-18)27-12-14-30-15-13-27;1-3-5-6-4-2;/h2-11,16H,12-15H2,1H3;3-5H2,1-2H3;1H4. The SMILES string of the molecule is C.CCCOCC.Cc1ccc(S(=O)n2c(-c3ccc(N4CCOCC4)cc3)cc3c(Br)ccnc32)cc1. The summed E-state index contributed by atoms with van der Waals surface area (Å²) in [6.07, 6.45) is 2.87. The highest BCUT2D eigenvalue weighted by molar-refractivity contribution is 9.10. The molecule has 0 bridgehead atoms. The molecule has 0 N–H and O–H groups in total. The molecule has 38 heavy (non-hydrogen) atoms. The van der Waals surface area contributed by atoms with Gasteiger partial charge in [0.25, 0.3) is 0 Å². The summed E-state index contributed by atoms with van der Waals surface area (Å²) in [6.45, 7) is 11.2. The summed E-state index contributed by atoms with van der Waals surface area (Å²) in [5.74, 6) is 0. The fourth-order valence-electron chi connectivity index (χ4n) is 4.13. The summed E-state index contributed by atoms with van der Waals surface area (Å²) in [4.78, 5) is 7.63. The van der Waals surface area contributed by atoms with E-state index in [1.807, 2.05) is 48.2 Å². The van der Waals surface area contributed by atoms with Gasteiger partial charge in [0.2, 0.25) is 0 Å². The number of ether oxygens (including phenoxy) is 2. The second-order valence-corrected chi connectivity index (χ2v) is 10.9. The highest BCUT2D eigenvalue weighted by Gasteiger charge is 2.20. The molecule has 204 valence electrons. The number of halogens is 1. The number of anilines is 1. The fourth-order valence-corrected chi connectivity index (χ4v) is 5.76. The maximum absolute atomic E-state index is 13.6. The minimum atomic E-state index is -1.42. The van der Waals surface area contributed by atoms with Crippen molar-refractivity contribution in [2.75, 3.05) is 44.4 Å². The molecule has 1 atom stereocenters. The van der Waals surface area contributed by atoms with E-state index in [0.29, 0.717) is 5.65 Å². The number of hydrogen-bond donors (Lipinski definition) is 0. The van der Waals surface area contributed by atoms with E-state index in [1.165, 1.54) is 5.69 Å². The van der Waals surface area contributed by atoms with Crippen LogP contribution in [0.5, 0.6) is 0 Å². The number of rotatable bonds is 7. The van der Waals surface area contributed by atoms with Gasteiger partial charge in [-0.2, -0.15) is 0 Å². The Morgan fingerprint density at radius 2 is 1.71 bits per heavy atom. The number of hydrogen-bond acceptors (Lipinski definition) is 5. The molecule has 0 aliphatic carbocycles.